The number of aromatic nitrogens is 1. The average molecular weight is 322 g/mol. The van der Waals surface area contributed by atoms with Gasteiger partial charge in [0.2, 0.25) is 5.91 Å². The summed E-state index contributed by atoms with van der Waals surface area (Å²) in [6.07, 6.45) is -0.0972. The number of nitrogens with one attached hydrogen (secondary N) is 1. The van der Waals surface area contributed by atoms with Gasteiger partial charge in [0.15, 0.2) is 5.13 Å². The lowest BCUT2D eigenvalue weighted by atomic mass is 10.1. The minimum absolute atomic E-state index is 0.0972. The van der Waals surface area contributed by atoms with Gasteiger partial charge in [-0.15, -0.1) is 0 Å². The predicted molar refractivity (Wildman–Crippen MR) is 81.5 cm³/mol. The van der Waals surface area contributed by atoms with E-state index in [1.807, 2.05) is 0 Å². The Bertz CT molecular complexity index is 700. The van der Waals surface area contributed by atoms with E-state index < -0.39 is 17.7 Å². The molecule has 0 saturated carbocycles. The third-order valence-electron chi connectivity index (χ3n) is 2.81. The van der Waals surface area contributed by atoms with E-state index in [4.69, 9.17) is 4.74 Å². The van der Waals surface area contributed by atoms with Crippen molar-refractivity contribution in [1.29, 1.82) is 0 Å². The number of rotatable bonds is 5. The van der Waals surface area contributed by atoms with E-state index in [9.17, 15) is 14.0 Å². The molecule has 0 atom stereocenters. The molecule has 0 bridgehead atoms. The lowest BCUT2D eigenvalue weighted by molar-refractivity contribution is -0.115. The molecule has 0 aliphatic heterocycles. The number of hydrogen-bond donors (Lipinski definition) is 1. The van der Waals surface area contributed by atoms with E-state index in [0.717, 1.165) is 11.3 Å². The molecule has 2 rings (SSSR count). The number of carbonyl (C=O) groups excluding carboxylic acids is 2. The zero-order valence-electron chi connectivity index (χ0n) is 12.2. The number of anilines is 1. The number of benzene rings is 1. The van der Waals surface area contributed by atoms with E-state index in [2.05, 4.69) is 10.3 Å². The van der Waals surface area contributed by atoms with Crippen LogP contribution in [0.5, 0.6) is 0 Å². The summed E-state index contributed by atoms with van der Waals surface area (Å²) in [7, 11) is 0. The van der Waals surface area contributed by atoms with Crippen molar-refractivity contribution in [2.24, 2.45) is 0 Å². The molecular formula is C15H15FN2O3S. The van der Waals surface area contributed by atoms with Gasteiger partial charge in [-0.3, -0.25) is 4.79 Å². The average Bonchev–Trinajstić information content (AvgIpc) is 2.82. The van der Waals surface area contributed by atoms with Crippen LogP contribution in [0.2, 0.25) is 0 Å². The second-order valence-electron chi connectivity index (χ2n) is 4.47. The van der Waals surface area contributed by atoms with E-state index >= 15 is 0 Å². The second kappa shape index (κ2) is 7.13. The molecule has 0 aliphatic carbocycles. The molecule has 1 amide bonds. The Balaban J connectivity index is 2.05. The summed E-state index contributed by atoms with van der Waals surface area (Å²) in [6.45, 7) is 3.64. The number of thiazole rings is 1. The number of aryl methyl sites for hydroxylation is 1. The Morgan fingerprint density at radius 1 is 1.36 bits per heavy atom. The van der Waals surface area contributed by atoms with Gasteiger partial charge in [0.1, 0.15) is 10.7 Å². The number of esters is 1. The van der Waals surface area contributed by atoms with Crippen molar-refractivity contribution in [1.82, 2.24) is 4.98 Å². The standard InChI is InChI=1S/C15H15FN2O3S/c1-3-21-14(20)13-9(2)17-15(22-13)18-12(19)8-10-6-4-5-7-11(10)16/h4-7H,3,8H2,1-2H3,(H,17,18,19). The van der Waals surface area contributed by atoms with Gasteiger partial charge >= 0.3 is 5.97 Å². The smallest absolute Gasteiger partial charge is 0.350 e. The molecule has 0 unspecified atom stereocenters. The first-order chi connectivity index (χ1) is 10.5. The molecule has 7 heteroatoms. The number of halogens is 1. The van der Waals surface area contributed by atoms with Gasteiger partial charge in [-0.2, -0.15) is 0 Å². The third kappa shape index (κ3) is 3.88. The molecule has 2 aromatic rings. The van der Waals surface area contributed by atoms with Crippen LogP contribution in [-0.2, 0) is 16.0 Å². The maximum absolute atomic E-state index is 13.5. The fourth-order valence-electron chi connectivity index (χ4n) is 1.81. The Kier molecular flexibility index (Phi) is 5.21. The Morgan fingerprint density at radius 3 is 2.77 bits per heavy atom. The molecule has 5 nitrogen and oxygen atoms in total. The first-order valence-corrected chi connectivity index (χ1v) is 7.50. The molecule has 116 valence electrons. The van der Waals surface area contributed by atoms with Crippen LogP contribution in [0.25, 0.3) is 0 Å². The summed E-state index contributed by atoms with van der Waals surface area (Å²) < 4.78 is 18.4. The van der Waals surface area contributed by atoms with Gasteiger partial charge in [-0.25, -0.2) is 14.2 Å². The highest BCUT2D eigenvalue weighted by atomic mass is 32.1. The maximum atomic E-state index is 13.5. The van der Waals surface area contributed by atoms with Gasteiger partial charge in [0.25, 0.3) is 0 Å². The Morgan fingerprint density at radius 2 is 2.09 bits per heavy atom. The lowest BCUT2D eigenvalue weighted by Crippen LogP contribution is -2.15. The molecule has 0 spiro atoms. The summed E-state index contributed by atoms with van der Waals surface area (Å²) in [5.74, 6) is -1.29. The Labute approximate surface area is 131 Å². The van der Waals surface area contributed by atoms with Crippen molar-refractivity contribution in [3.05, 3.63) is 46.2 Å². The maximum Gasteiger partial charge on any atom is 0.350 e. The van der Waals surface area contributed by atoms with Gasteiger partial charge in [0.05, 0.1) is 18.7 Å². The molecule has 1 N–H and O–H groups in total. The number of hydrogen-bond acceptors (Lipinski definition) is 5. The molecule has 0 saturated heterocycles. The van der Waals surface area contributed by atoms with Crippen LogP contribution in [0.1, 0.15) is 27.9 Å². The largest absolute Gasteiger partial charge is 0.462 e. The minimum Gasteiger partial charge on any atom is -0.462 e. The summed E-state index contributed by atoms with van der Waals surface area (Å²) >= 11 is 1.04. The number of amides is 1. The van der Waals surface area contributed by atoms with Crippen molar-refractivity contribution in [2.75, 3.05) is 11.9 Å². The fourth-order valence-corrected chi connectivity index (χ4v) is 2.69. The normalized spacial score (nSPS) is 10.3. The van der Waals surface area contributed by atoms with Crippen LogP contribution in [0.15, 0.2) is 24.3 Å². The molecule has 0 aliphatic rings. The highest BCUT2D eigenvalue weighted by Crippen LogP contribution is 2.23. The molecular weight excluding hydrogens is 307 g/mol. The van der Waals surface area contributed by atoms with Crippen LogP contribution in [0.3, 0.4) is 0 Å². The topological polar surface area (TPSA) is 68.3 Å². The number of nitrogens with zero attached hydrogens (tertiary/aromatic N) is 1. The van der Waals surface area contributed by atoms with Gasteiger partial charge in [0, 0.05) is 0 Å². The molecule has 1 heterocycles. The first-order valence-electron chi connectivity index (χ1n) is 6.69. The first kappa shape index (κ1) is 16.1. The number of carbonyl (C=O) groups is 2. The van der Waals surface area contributed by atoms with E-state index in [1.165, 1.54) is 6.07 Å². The molecule has 22 heavy (non-hydrogen) atoms. The predicted octanol–water partition coefficient (Wildman–Crippen LogP) is 2.95. The molecule has 1 aromatic heterocycles. The van der Waals surface area contributed by atoms with Crippen LogP contribution in [0, 0.1) is 12.7 Å². The quantitative estimate of drug-likeness (QED) is 0.859. The van der Waals surface area contributed by atoms with Gasteiger partial charge < -0.3 is 10.1 Å². The Hall–Kier alpha value is -2.28. The highest BCUT2D eigenvalue weighted by Gasteiger charge is 2.17. The summed E-state index contributed by atoms with van der Waals surface area (Å²) in [5, 5.41) is 2.86. The van der Waals surface area contributed by atoms with Crippen molar-refractivity contribution in [3.63, 3.8) is 0 Å². The van der Waals surface area contributed by atoms with Gasteiger partial charge in [-0.1, -0.05) is 29.5 Å². The van der Waals surface area contributed by atoms with Crippen LogP contribution in [-0.4, -0.2) is 23.5 Å². The van der Waals surface area contributed by atoms with E-state index in [0.29, 0.717) is 21.3 Å². The monoisotopic (exact) mass is 322 g/mol. The lowest BCUT2D eigenvalue weighted by Gasteiger charge is -2.03. The minimum atomic E-state index is -0.466. The fraction of sp³-hybridized carbons (Fsp3) is 0.267. The van der Waals surface area contributed by atoms with Crippen molar-refractivity contribution in [3.8, 4) is 0 Å². The zero-order chi connectivity index (χ0) is 16.1. The molecule has 0 fully saturated rings. The van der Waals surface area contributed by atoms with Gasteiger partial charge in [-0.05, 0) is 25.5 Å². The van der Waals surface area contributed by atoms with Crippen LogP contribution < -0.4 is 5.32 Å². The SMILES string of the molecule is CCOC(=O)c1sc(NC(=O)Cc2ccccc2F)nc1C. The zero-order valence-corrected chi connectivity index (χ0v) is 13.0. The van der Waals surface area contributed by atoms with Crippen molar-refractivity contribution < 1.29 is 18.7 Å². The summed E-state index contributed by atoms with van der Waals surface area (Å²) in [5.41, 5.74) is 0.795. The number of ether oxygens (including phenoxy) is 1. The van der Waals surface area contributed by atoms with E-state index in [-0.39, 0.29) is 13.0 Å². The van der Waals surface area contributed by atoms with Crippen molar-refractivity contribution >= 4 is 28.3 Å². The second-order valence-corrected chi connectivity index (χ2v) is 5.47. The highest BCUT2D eigenvalue weighted by molar-refractivity contribution is 7.17. The summed E-state index contributed by atoms with van der Waals surface area (Å²) in [4.78, 5) is 28.1. The van der Waals surface area contributed by atoms with E-state index in [1.54, 1.807) is 32.0 Å². The summed E-state index contributed by atoms with van der Waals surface area (Å²) in [6, 6.07) is 6.08. The van der Waals surface area contributed by atoms with Crippen LogP contribution >= 0.6 is 11.3 Å². The molecule has 0 radical (unpaired) electrons. The third-order valence-corrected chi connectivity index (χ3v) is 3.87. The van der Waals surface area contributed by atoms with Crippen molar-refractivity contribution in [2.45, 2.75) is 20.3 Å². The van der Waals surface area contributed by atoms with Crippen LogP contribution in [0.4, 0.5) is 9.52 Å². The molecule has 1 aromatic carbocycles.